The van der Waals surface area contributed by atoms with E-state index in [4.69, 9.17) is 9.47 Å². The van der Waals surface area contributed by atoms with Crippen LogP contribution in [0.2, 0.25) is 0 Å². The van der Waals surface area contributed by atoms with Gasteiger partial charge in [0.05, 0.1) is 12.4 Å². The molecule has 0 aliphatic rings. The summed E-state index contributed by atoms with van der Waals surface area (Å²) in [5.41, 5.74) is 1.11. The van der Waals surface area contributed by atoms with Gasteiger partial charge >= 0.3 is 5.97 Å². The van der Waals surface area contributed by atoms with E-state index < -0.39 is 0 Å². The molecule has 0 aromatic heterocycles. The number of esters is 1. The van der Waals surface area contributed by atoms with Crippen LogP contribution in [0.1, 0.15) is 39.2 Å². The monoisotopic (exact) mass is 262 g/mol. The van der Waals surface area contributed by atoms with E-state index >= 15 is 0 Å². The van der Waals surface area contributed by atoms with Gasteiger partial charge in [0.2, 0.25) is 0 Å². The van der Waals surface area contributed by atoms with Gasteiger partial charge in [-0.2, -0.15) is 0 Å². The first-order valence-corrected chi connectivity index (χ1v) is 6.77. The van der Waals surface area contributed by atoms with Crippen molar-refractivity contribution in [3.05, 3.63) is 41.7 Å². The molecule has 0 atom stereocenters. The molecule has 0 saturated carbocycles. The van der Waals surface area contributed by atoms with Crippen LogP contribution in [0.4, 0.5) is 0 Å². The molecule has 0 saturated heterocycles. The molecular weight excluding hydrogens is 240 g/mol. The van der Waals surface area contributed by atoms with Crippen LogP contribution < -0.4 is 4.74 Å². The molecule has 0 unspecified atom stereocenters. The van der Waals surface area contributed by atoms with Crippen molar-refractivity contribution in [2.45, 2.75) is 40.0 Å². The molecule has 0 aliphatic carbocycles. The third-order valence-electron chi connectivity index (χ3n) is 2.77. The number of aryl methyl sites for hydroxylation is 1. The van der Waals surface area contributed by atoms with E-state index in [-0.39, 0.29) is 5.97 Å². The quantitative estimate of drug-likeness (QED) is 0.552. The fourth-order valence-electron chi connectivity index (χ4n) is 1.69. The topological polar surface area (TPSA) is 35.5 Å². The van der Waals surface area contributed by atoms with E-state index in [0.29, 0.717) is 19.4 Å². The Morgan fingerprint density at radius 3 is 2.42 bits per heavy atom. The van der Waals surface area contributed by atoms with Gasteiger partial charge < -0.3 is 9.47 Å². The highest BCUT2D eigenvalue weighted by molar-refractivity contribution is 5.69. The van der Waals surface area contributed by atoms with Crippen LogP contribution >= 0.6 is 0 Å². The Balaban J connectivity index is 2.50. The minimum absolute atomic E-state index is 0.148. The highest BCUT2D eigenvalue weighted by atomic mass is 16.5. The van der Waals surface area contributed by atoms with Gasteiger partial charge in [0, 0.05) is 12.8 Å². The number of benzene rings is 1. The number of carbonyl (C=O) groups excluding carboxylic acids is 1. The Hall–Kier alpha value is -1.77. The highest BCUT2D eigenvalue weighted by Gasteiger charge is 2.03. The van der Waals surface area contributed by atoms with Crippen molar-refractivity contribution in [2.75, 3.05) is 6.61 Å². The maximum atomic E-state index is 11.3. The molecule has 0 aliphatic heterocycles. The lowest BCUT2D eigenvalue weighted by atomic mass is 10.1. The first-order valence-electron chi connectivity index (χ1n) is 6.77. The standard InChI is InChI=1S/C16H22O3/c1-4-14(5-2)19-15-10-7-13(8-11-15)9-12-16(17)18-6-3/h4,7-8,10-11H,5-6,9,12H2,1-3H3. The van der Waals surface area contributed by atoms with E-state index in [2.05, 4.69) is 6.92 Å². The molecule has 0 spiro atoms. The Morgan fingerprint density at radius 1 is 1.21 bits per heavy atom. The minimum Gasteiger partial charge on any atom is -0.466 e. The third kappa shape index (κ3) is 5.60. The van der Waals surface area contributed by atoms with Crippen LogP contribution in [0.25, 0.3) is 0 Å². The molecule has 0 N–H and O–H groups in total. The van der Waals surface area contributed by atoms with Crippen LogP contribution in [0.5, 0.6) is 5.75 Å². The molecule has 1 aromatic carbocycles. The Bertz CT molecular complexity index is 418. The SMILES string of the molecule is CC=C(CC)Oc1ccc(CCC(=O)OCC)cc1. The van der Waals surface area contributed by atoms with Crippen molar-refractivity contribution in [1.29, 1.82) is 0 Å². The van der Waals surface area contributed by atoms with Crippen molar-refractivity contribution in [3.8, 4) is 5.75 Å². The van der Waals surface area contributed by atoms with Gasteiger partial charge in [-0.3, -0.25) is 4.79 Å². The summed E-state index contributed by atoms with van der Waals surface area (Å²) in [6.45, 7) is 6.28. The number of rotatable bonds is 7. The van der Waals surface area contributed by atoms with E-state index in [1.165, 1.54) is 0 Å². The number of hydrogen-bond acceptors (Lipinski definition) is 3. The smallest absolute Gasteiger partial charge is 0.306 e. The molecule has 104 valence electrons. The second kappa shape index (κ2) is 8.35. The van der Waals surface area contributed by atoms with Gasteiger partial charge in [0.1, 0.15) is 5.75 Å². The Kier molecular flexibility index (Phi) is 6.72. The molecule has 1 aromatic rings. The van der Waals surface area contributed by atoms with Crippen LogP contribution in [0.3, 0.4) is 0 Å². The van der Waals surface area contributed by atoms with E-state index in [1.54, 1.807) is 0 Å². The second-order valence-electron chi connectivity index (χ2n) is 4.16. The van der Waals surface area contributed by atoms with Gasteiger partial charge in [-0.15, -0.1) is 0 Å². The summed E-state index contributed by atoms with van der Waals surface area (Å²) < 4.78 is 10.6. The van der Waals surface area contributed by atoms with E-state index in [0.717, 1.165) is 23.5 Å². The zero-order valence-electron chi connectivity index (χ0n) is 11.9. The van der Waals surface area contributed by atoms with E-state index in [9.17, 15) is 4.79 Å². The summed E-state index contributed by atoms with van der Waals surface area (Å²) in [7, 11) is 0. The summed E-state index contributed by atoms with van der Waals surface area (Å²) in [5.74, 6) is 1.64. The summed E-state index contributed by atoms with van der Waals surface area (Å²) in [6, 6.07) is 7.83. The van der Waals surface area contributed by atoms with Crippen LogP contribution in [0.15, 0.2) is 36.1 Å². The first-order chi connectivity index (χ1) is 9.19. The Morgan fingerprint density at radius 2 is 1.89 bits per heavy atom. The summed E-state index contributed by atoms with van der Waals surface area (Å²) >= 11 is 0. The molecule has 0 radical (unpaired) electrons. The van der Waals surface area contributed by atoms with Gasteiger partial charge in [0.15, 0.2) is 0 Å². The van der Waals surface area contributed by atoms with Crippen molar-refractivity contribution in [2.24, 2.45) is 0 Å². The molecule has 3 nitrogen and oxygen atoms in total. The zero-order valence-corrected chi connectivity index (χ0v) is 11.9. The predicted octanol–water partition coefficient (Wildman–Crippen LogP) is 3.87. The zero-order chi connectivity index (χ0) is 14.1. The van der Waals surface area contributed by atoms with Crippen LogP contribution in [-0.4, -0.2) is 12.6 Å². The highest BCUT2D eigenvalue weighted by Crippen LogP contribution is 2.17. The first kappa shape index (κ1) is 15.3. The molecule has 19 heavy (non-hydrogen) atoms. The maximum absolute atomic E-state index is 11.3. The molecule has 0 heterocycles. The molecule has 0 bridgehead atoms. The Labute approximate surface area is 115 Å². The summed E-state index contributed by atoms with van der Waals surface area (Å²) in [6.07, 6.45) is 3.96. The largest absolute Gasteiger partial charge is 0.466 e. The van der Waals surface area contributed by atoms with Crippen molar-refractivity contribution in [3.63, 3.8) is 0 Å². The van der Waals surface area contributed by atoms with Crippen molar-refractivity contribution in [1.82, 2.24) is 0 Å². The van der Waals surface area contributed by atoms with Crippen molar-refractivity contribution < 1.29 is 14.3 Å². The molecular formula is C16H22O3. The van der Waals surface area contributed by atoms with Gasteiger partial charge in [-0.25, -0.2) is 0 Å². The maximum Gasteiger partial charge on any atom is 0.306 e. The lowest BCUT2D eigenvalue weighted by Gasteiger charge is -2.08. The van der Waals surface area contributed by atoms with E-state index in [1.807, 2.05) is 44.2 Å². The fourth-order valence-corrected chi connectivity index (χ4v) is 1.69. The average Bonchev–Trinajstić information content (AvgIpc) is 2.44. The predicted molar refractivity (Wildman–Crippen MR) is 76.1 cm³/mol. The normalized spacial score (nSPS) is 11.2. The van der Waals surface area contributed by atoms with Crippen molar-refractivity contribution >= 4 is 5.97 Å². The molecule has 3 heteroatoms. The lowest BCUT2D eigenvalue weighted by Crippen LogP contribution is -2.05. The number of ether oxygens (including phenoxy) is 2. The summed E-state index contributed by atoms with van der Waals surface area (Å²) in [5, 5.41) is 0. The van der Waals surface area contributed by atoms with Gasteiger partial charge in [-0.05, 0) is 44.0 Å². The lowest BCUT2D eigenvalue weighted by molar-refractivity contribution is -0.143. The molecule has 1 rings (SSSR count). The molecule has 0 amide bonds. The van der Waals surface area contributed by atoms with Crippen LogP contribution in [-0.2, 0) is 16.0 Å². The fraction of sp³-hybridized carbons (Fsp3) is 0.438. The number of allylic oxidation sites excluding steroid dienone is 2. The number of carbonyl (C=O) groups is 1. The molecule has 0 fully saturated rings. The third-order valence-corrected chi connectivity index (χ3v) is 2.77. The average molecular weight is 262 g/mol. The minimum atomic E-state index is -0.148. The van der Waals surface area contributed by atoms with Gasteiger partial charge in [0.25, 0.3) is 0 Å². The summed E-state index contributed by atoms with van der Waals surface area (Å²) in [4.78, 5) is 11.3. The van der Waals surface area contributed by atoms with Gasteiger partial charge in [-0.1, -0.05) is 19.1 Å². The van der Waals surface area contributed by atoms with Crippen LogP contribution in [0, 0.1) is 0 Å². The number of hydrogen-bond donors (Lipinski definition) is 0. The second-order valence-corrected chi connectivity index (χ2v) is 4.16.